The molecule has 1 N–H and O–H groups in total. The molecule has 1 fully saturated rings. The van der Waals surface area contributed by atoms with E-state index in [-0.39, 0.29) is 5.91 Å². The van der Waals surface area contributed by atoms with Crippen LogP contribution in [0.3, 0.4) is 0 Å². The van der Waals surface area contributed by atoms with Crippen molar-refractivity contribution < 1.29 is 4.79 Å². The predicted molar refractivity (Wildman–Crippen MR) is 99.4 cm³/mol. The molecule has 1 unspecified atom stereocenters. The van der Waals surface area contributed by atoms with Crippen LogP contribution in [0, 0.1) is 0 Å². The zero-order valence-electron chi connectivity index (χ0n) is 13.8. The van der Waals surface area contributed by atoms with Gasteiger partial charge in [0.25, 0.3) is 0 Å². The monoisotopic (exact) mass is 362 g/mol. The standard InChI is InChI=1S/C17H22N4OS2/c1-13-7-5-6-10-21(13)15(22)12-23-17-20-19-16(24-17)18-11-14-8-3-2-4-9-14/h2-4,8-9,13H,5-7,10-12H2,1H3,(H,18,19). The first-order chi connectivity index (χ1) is 11.7. The lowest BCUT2D eigenvalue weighted by Gasteiger charge is -2.33. The third kappa shape index (κ3) is 4.70. The van der Waals surface area contributed by atoms with E-state index >= 15 is 0 Å². The van der Waals surface area contributed by atoms with Crippen molar-refractivity contribution >= 4 is 34.1 Å². The van der Waals surface area contributed by atoms with Gasteiger partial charge in [0.2, 0.25) is 11.0 Å². The highest BCUT2D eigenvalue weighted by Crippen LogP contribution is 2.27. The molecule has 24 heavy (non-hydrogen) atoms. The van der Waals surface area contributed by atoms with E-state index in [0.29, 0.717) is 11.8 Å². The number of likely N-dealkylation sites (tertiary alicyclic amines) is 1. The summed E-state index contributed by atoms with van der Waals surface area (Å²) in [6.07, 6.45) is 3.46. The minimum atomic E-state index is 0.209. The number of anilines is 1. The Bertz CT molecular complexity index is 662. The molecule has 1 atom stereocenters. The predicted octanol–water partition coefficient (Wildman–Crippen LogP) is 3.64. The Morgan fingerprint density at radius 3 is 2.96 bits per heavy atom. The Morgan fingerprint density at radius 1 is 1.33 bits per heavy atom. The zero-order valence-corrected chi connectivity index (χ0v) is 15.4. The van der Waals surface area contributed by atoms with E-state index < -0.39 is 0 Å². The van der Waals surface area contributed by atoms with Gasteiger partial charge in [-0.15, -0.1) is 10.2 Å². The maximum atomic E-state index is 12.3. The summed E-state index contributed by atoms with van der Waals surface area (Å²) in [5, 5.41) is 12.4. The van der Waals surface area contributed by atoms with Crippen LogP contribution in [-0.4, -0.2) is 39.3 Å². The minimum absolute atomic E-state index is 0.209. The van der Waals surface area contributed by atoms with Gasteiger partial charge in [-0.25, -0.2) is 0 Å². The summed E-state index contributed by atoms with van der Waals surface area (Å²) in [5.41, 5.74) is 1.20. The van der Waals surface area contributed by atoms with Crippen LogP contribution in [0.1, 0.15) is 31.7 Å². The van der Waals surface area contributed by atoms with E-state index in [4.69, 9.17) is 0 Å². The topological polar surface area (TPSA) is 58.1 Å². The maximum absolute atomic E-state index is 12.3. The van der Waals surface area contributed by atoms with E-state index in [1.165, 1.54) is 35.1 Å². The van der Waals surface area contributed by atoms with Crippen LogP contribution in [0.25, 0.3) is 0 Å². The number of hydrogen-bond acceptors (Lipinski definition) is 6. The molecule has 1 aliphatic heterocycles. The van der Waals surface area contributed by atoms with Gasteiger partial charge in [-0.05, 0) is 31.7 Å². The second-order valence-electron chi connectivity index (χ2n) is 5.93. The molecule has 3 rings (SSSR count). The second-order valence-corrected chi connectivity index (χ2v) is 8.13. The van der Waals surface area contributed by atoms with E-state index in [0.717, 1.165) is 35.4 Å². The largest absolute Gasteiger partial charge is 0.356 e. The van der Waals surface area contributed by atoms with Crippen molar-refractivity contribution in [2.45, 2.75) is 43.1 Å². The fraction of sp³-hybridized carbons (Fsp3) is 0.471. The van der Waals surface area contributed by atoms with E-state index in [1.54, 1.807) is 0 Å². The summed E-state index contributed by atoms with van der Waals surface area (Å²) >= 11 is 2.98. The van der Waals surface area contributed by atoms with Gasteiger partial charge in [-0.2, -0.15) is 0 Å². The van der Waals surface area contributed by atoms with Crippen molar-refractivity contribution in [2.75, 3.05) is 17.6 Å². The van der Waals surface area contributed by atoms with Gasteiger partial charge in [0.1, 0.15) is 0 Å². The summed E-state index contributed by atoms with van der Waals surface area (Å²) in [5.74, 6) is 0.652. The van der Waals surface area contributed by atoms with E-state index in [1.807, 2.05) is 23.1 Å². The molecule has 1 saturated heterocycles. The number of nitrogens with one attached hydrogen (secondary N) is 1. The van der Waals surface area contributed by atoms with Gasteiger partial charge >= 0.3 is 0 Å². The molecule has 2 aromatic rings. The third-order valence-corrected chi connectivity index (χ3v) is 6.13. The van der Waals surface area contributed by atoms with Crippen molar-refractivity contribution in [3.63, 3.8) is 0 Å². The zero-order chi connectivity index (χ0) is 16.8. The van der Waals surface area contributed by atoms with E-state index in [2.05, 4.69) is 34.6 Å². The Labute approximate surface area is 150 Å². The Balaban J connectivity index is 1.46. The lowest BCUT2D eigenvalue weighted by Crippen LogP contribution is -2.42. The van der Waals surface area contributed by atoms with Gasteiger partial charge in [0.05, 0.1) is 5.75 Å². The molecule has 0 bridgehead atoms. The van der Waals surface area contributed by atoms with Crippen molar-refractivity contribution in [1.29, 1.82) is 0 Å². The second kappa shape index (κ2) is 8.48. The number of amides is 1. The highest BCUT2D eigenvalue weighted by molar-refractivity contribution is 8.01. The highest BCUT2D eigenvalue weighted by atomic mass is 32.2. The first-order valence-corrected chi connectivity index (χ1v) is 10.1. The molecule has 1 amide bonds. The molecule has 0 aliphatic carbocycles. The molecule has 1 aliphatic rings. The van der Waals surface area contributed by atoms with Crippen molar-refractivity contribution in [2.24, 2.45) is 0 Å². The fourth-order valence-corrected chi connectivity index (χ4v) is 4.42. The first kappa shape index (κ1) is 17.2. The van der Waals surface area contributed by atoms with Gasteiger partial charge in [0, 0.05) is 19.1 Å². The Morgan fingerprint density at radius 2 is 2.17 bits per heavy atom. The SMILES string of the molecule is CC1CCCCN1C(=O)CSc1nnc(NCc2ccccc2)s1. The Kier molecular flexibility index (Phi) is 6.09. The van der Waals surface area contributed by atoms with E-state index in [9.17, 15) is 4.79 Å². The van der Waals surface area contributed by atoms with Gasteiger partial charge in [0.15, 0.2) is 4.34 Å². The van der Waals surface area contributed by atoms with Crippen LogP contribution < -0.4 is 5.32 Å². The van der Waals surface area contributed by atoms with Gasteiger partial charge in [-0.1, -0.05) is 53.4 Å². The molecule has 0 radical (unpaired) electrons. The molecule has 0 spiro atoms. The van der Waals surface area contributed by atoms with Crippen LogP contribution in [-0.2, 0) is 11.3 Å². The number of piperidine rings is 1. The van der Waals surface area contributed by atoms with Crippen LogP contribution in [0.2, 0.25) is 0 Å². The molecule has 128 valence electrons. The molecular formula is C17H22N4OS2. The summed E-state index contributed by atoms with van der Waals surface area (Å²) in [6.45, 7) is 3.75. The number of carbonyl (C=O) groups is 1. The highest BCUT2D eigenvalue weighted by Gasteiger charge is 2.23. The minimum Gasteiger partial charge on any atom is -0.356 e. The quantitative estimate of drug-likeness (QED) is 0.795. The molecule has 1 aromatic carbocycles. The summed E-state index contributed by atoms with van der Waals surface area (Å²) in [7, 11) is 0. The van der Waals surface area contributed by atoms with Crippen LogP contribution in [0.5, 0.6) is 0 Å². The van der Waals surface area contributed by atoms with Crippen molar-refractivity contribution in [3.8, 4) is 0 Å². The molecule has 0 saturated carbocycles. The van der Waals surface area contributed by atoms with Crippen molar-refractivity contribution in [1.82, 2.24) is 15.1 Å². The van der Waals surface area contributed by atoms with Crippen LogP contribution in [0.4, 0.5) is 5.13 Å². The number of carbonyl (C=O) groups excluding carboxylic acids is 1. The lowest BCUT2D eigenvalue weighted by atomic mass is 10.0. The number of hydrogen-bond donors (Lipinski definition) is 1. The van der Waals surface area contributed by atoms with Gasteiger partial charge < -0.3 is 10.2 Å². The molecule has 7 heteroatoms. The van der Waals surface area contributed by atoms with Crippen LogP contribution in [0.15, 0.2) is 34.7 Å². The number of thioether (sulfide) groups is 1. The third-order valence-electron chi connectivity index (χ3n) is 4.14. The number of nitrogens with zero attached hydrogens (tertiary/aromatic N) is 3. The average Bonchev–Trinajstić information content (AvgIpc) is 3.07. The number of rotatable bonds is 6. The lowest BCUT2D eigenvalue weighted by molar-refractivity contribution is -0.131. The summed E-state index contributed by atoms with van der Waals surface area (Å²) in [4.78, 5) is 14.4. The fourth-order valence-electron chi connectivity index (χ4n) is 2.79. The first-order valence-electron chi connectivity index (χ1n) is 8.26. The normalized spacial score (nSPS) is 17.7. The molecule has 1 aromatic heterocycles. The molecule has 2 heterocycles. The smallest absolute Gasteiger partial charge is 0.233 e. The summed E-state index contributed by atoms with van der Waals surface area (Å²) in [6, 6.07) is 10.6. The molecular weight excluding hydrogens is 340 g/mol. The van der Waals surface area contributed by atoms with Gasteiger partial charge in [-0.3, -0.25) is 4.79 Å². The summed E-state index contributed by atoms with van der Waals surface area (Å²) < 4.78 is 0.837. The number of benzene rings is 1. The van der Waals surface area contributed by atoms with Crippen molar-refractivity contribution in [3.05, 3.63) is 35.9 Å². The van der Waals surface area contributed by atoms with Crippen LogP contribution >= 0.6 is 23.1 Å². The molecule has 5 nitrogen and oxygen atoms in total. The number of aromatic nitrogens is 2. The Hall–Kier alpha value is -1.60. The average molecular weight is 363 g/mol. The maximum Gasteiger partial charge on any atom is 0.233 e.